The largest absolute Gasteiger partial charge is 0.495 e. The Morgan fingerprint density at radius 1 is 0.500 bits per heavy atom. The van der Waals surface area contributed by atoms with Gasteiger partial charge in [0.05, 0.1) is 57.4 Å². The number of ether oxygens (including phenoxy) is 2. The van der Waals surface area contributed by atoms with Crippen molar-refractivity contribution in [3.63, 3.8) is 0 Å². The SMILES string of the molecule is COc1cc(-c2ccc(Nc3ccc([N+](=O)[O-])cc3[N+](=O)[O-])c(OC)c2)ccc1Nc1ccc([N+](=O)[O-])cc1[N+](=O)[O-]. The molecular weight excluding hydrogens is 556 g/mol. The van der Waals surface area contributed by atoms with E-state index in [1.165, 1.54) is 26.4 Å². The molecule has 4 aromatic carbocycles. The Labute approximate surface area is 235 Å². The van der Waals surface area contributed by atoms with E-state index >= 15 is 0 Å². The van der Waals surface area contributed by atoms with Crippen LogP contribution in [0.3, 0.4) is 0 Å². The Morgan fingerprint density at radius 2 is 0.857 bits per heavy atom. The fourth-order valence-electron chi connectivity index (χ4n) is 4.02. The molecule has 0 aliphatic rings. The minimum atomic E-state index is -0.733. The summed E-state index contributed by atoms with van der Waals surface area (Å²) < 4.78 is 10.9. The quantitative estimate of drug-likeness (QED) is 0.145. The van der Waals surface area contributed by atoms with Crippen molar-refractivity contribution in [2.45, 2.75) is 0 Å². The first-order valence-electron chi connectivity index (χ1n) is 11.8. The molecule has 2 N–H and O–H groups in total. The summed E-state index contributed by atoms with van der Waals surface area (Å²) in [7, 11) is 2.80. The third-order valence-electron chi connectivity index (χ3n) is 6.05. The van der Waals surface area contributed by atoms with Crippen molar-refractivity contribution in [3.05, 3.63) is 113 Å². The molecule has 0 aliphatic heterocycles. The van der Waals surface area contributed by atoms with Gasteiger partial charge in [0, 0.05) is 12.1 Å². The second-order valence-corrected chi connectivity index (χ2v) is 8.51. The number of nitrogens with one attached hydrogen (secondary N) is 2. The van der Waals surface area contributed by atoms with Gasteiger partial charge in [-0.1, -0.05) is 12.1 Å². The molecule has 214 valence electrons. The molecule has 16 nitrogen and oxygen atoms in total. The first kappa shape index (κ1) is 28.7. The van der Waals surface area contributed by atoms with Crippen LogP contribution in [0.25, 0.3) is 11.1 Å². The number of methoxy groups -OCH3 is 2. The number of nitro benzene ring substituents is 4. The van der Waals surface area contributed by atoms with Gasteiger partial charge in [0.2, 0.25) is 0 Å². The predicted octanol–water partition coefficient (Wildman–Crippen LogP) is 6.49. The molecule has 0 aliphatic carbocycles. The molecule has 16 heteroatoms. The first-order valence-corrected chi connectivity index (χ1v) is 11.8. The van der Waals surface area contributed by atoms with E-state index in [4.69, 9.17) is 9.47 Å². The summed E-state index contributed by atoms with van der Waals surface area (Å²) >= 11 is 0. The molecule has 4 rings (SSSR count). The van der Waals surface area contributed by atoms with Crippen LogP contribution in [0, 0.1) is 40.5 Å². The van der Waals surface area contributed by atoms with E-state index in [9.17, 15) is 40.5 Å². The number of hydrogen-bond acceptors (Lipinski definition) is 12. The maximum absolute atomic E-state index is 11.5. The molecule has 0 unspecified atom stereocenters. The third kappa shape index (κ3) is 5.96. The average molecular weight is 576 g/mol. The summed E-state index contributed by atoms with van der Waals surface area (Å²) in [6, 6.07) is 16.4. The molecular formula is C26H20N6O10. The topological polar surface area (TPSA) is 215 Å². The molecule has 0 aromatic heterocycles. The fourth-order valence-corrected chi connectivity index (χ4v) is 4.02. The first-order chi connectivity index (χ1) is 20.0. The van der Waals surface area contributed by atoms with E-state index < -0.39 is 42.4 Å². The van der Waals surface area contributed by atoms with E-state index in [0.29, 0.717) is 34.0 Å². The number of nitrogens with zero attached hydrogens (tertiary/aromatic N) is 4. The number of benzene rings is 4. The molecule has 0 saturated carbocycles. The number of rotatable bonds is 11. The number of non-ortho nitro benzene ring substituents is 2. The lowest BCUT2D eigenvalue weighted by Gasteiger charge is -2.15. The van der Waals surface area contributed by atoms with Crippen LogP contribution in [-0.2, 0) is 0 Å². The summed E-state index contributed by atoms with van der Waals surface area (Å²) in [5.74, 6) is 0.616. The highest BCUT2D eigenvalue weighted by molar-refractivity contribution is 5.81. The number of hydrogen-bond donors (Lipinski definition) is 2. The van der Waals surface area contributed by atoms with Crippen LogP contribution in [0.15, 0.2) is 72.8 Å². The Balaban J connectivity index is 1.65. The van der Waals surface area contributed by atoms with Crippen molar-refractivity contribution in [1.29, 1.82) is 0 Å². The lowest BCUT2D eigenvalue weighted by atomic mass is 10.0. The van der Waals surface area contributed by atoms with Crippen molar-refractivity contribution in [1.82, 2.24) is 0 Å². The molecule has 0 radical (unpaired) electrons. The highest BCUT2D eigenvalue weighted by Gasteiger charge is 2.22. The minimum absolute atomic E-state index is 0.0223. The Hall–Kier alpha value is -6.32. The second kappa shape index (κ2) is 11.8. The van der Waals surface area contributed by atoms with E-state index in [-0.39, 0.29) is 11.4 Å². The normalized spacial score (nSPS) is 10.4. The molecule has 0 bridgehead atoms. The number of nitro groups is 4. The zero-order valence-corrected chi connectivity index (χ0v) is 21.8. The van der Waals surface area contributed by atoms with Gasteiger partial charge < -0.3 is 20.1 Å². The Kier molecular flexibility index (Phi) is 8.07. The average Bonchev–Trinajstić information content (AvgIpc) is 2.97. The minimum Gasteiger partial charge on any atom is -0.495 e. The van der Waals surface area contributed by atoms with Gasteiger partial charge in [-0.05, 0) is 47.5 Å². The van der Waals surface area contributed by atoms with Crippen molar-refractivity contribution in [2.24, 2.45) is 0 Å². The zero-order valence-electron chi connectivity index (χ0n) is 21.8. The summed E-state index contributed by atoms with van der Waals surface area (Å²) in [5.41, 5.74) is 0.233. The summed E-state index contributed by atoms with van der Waals surface area (Å²) in [6.07, 6.45) is 0. The molecule has 42 heavy (non-hydrogen) atoms. The molecule has 0 atom stereocenters. The Morgan fingerprint density at radius 3 is 1.17 bits per heavy atom. The van der Waals surface area contributed by atoms with Gasteiger partial charge in [-0.25, -0.2) is 0 Å². The molecule has 4 aromatic rings. The summed E-state index contributed by atoms with van der Waals surface area (Å²) in [5, 5.41) is 50.9. The lowest BCUT2D eigenvalue weighted by molar-refractivity contribution is -0.393. The van der Waals surface area contributed by atoms with Crippen LogP contribution in [-0.4, -0.2) is 33.9 Å². The van der Waals surface area contributed by atoms with Crippen LogP contribution in [0.1, 0.15) is 0 Å². The lowest BCUT2D eigenvalue weighted by Crippen LogP contribution is -2.01. The van der Waals surface area contributed by atoms with Gasteiger partial charge in [-0.3, -0.25) is 40.5 Å². The molecule has 0 spiro atoms. The van der Waals surface area contributed by atoms with Crippen molar-refractivity contribution in [3.8, 4) is 22.6 Å². The highest BCUT2D eigenvalue weighted by atomic mass is 16.6. The smallest absolute Gasteiger partial charge is 0.299 e. The van der Waals surface area contributed by atoms with Crippen LogP contribution in [0.4, 0.5) is 45.5 Å². The van der Waals surface area contributed by atoms with E-state index in [0.717, 1.165) is 24.3 Å². The van der Waals surface area contributed by atoms with Gasteiger partial charge in [0.25, 0.3) is 22.7 Å². The molecule has 0 fully saturated rings. The highest BCUT2D eigenvalue weighted by Crippen LogP contribution is 2.40. The summed E-state index contributed by atoms with van der Waals surface area (Å²) in [6.45, 7) is 0. The van der Waals surface area contributed by atoms with Crippen LogP contribution in [0.5, 0.6) is 11.5 Å². The van der Waals surface area contributed by atoms with E-state index in [1.807, 2.05) is 0 Å². The summed E-state index contributed by atoms with van der Waals surface area (Å²) in [4.78, 5) is 42.2. The van der Waals surface area contributed by atoms with Gasteiger partial charge in [-0.2, -0.15) is 0 Å². The van der Waals surface area contributed by atoms with E-state index in [2.05, 4.69) is 10.6 Å². The van der Waals surface area contributed by atoms with Crippen LogP contribution < -0.4 is 20.1 Å². The molecule has 0 amide bonds. The fraction of sp³-hybridized carbons (Fsp3) is 0.0769. The zero-order chi connectivity index (χ0) is 30.6. The van der Waals surface area contributed by atoms with Gasteiger partial charge in [0.15, 0.2) is 0 Å². The van der Waals surface area contributed by atoms with Crippen molar-refractivity contribution < 1.29 is 29.2 Å². The molecule has 0 heterocycles. The van der Waals surface area contributed by atoms with Gasteiger partial charge in [0.1, 0.15) is 22.9 Å². The van der Waals surface area contributed by atoms with Gasteiger partial charge >= 0.3 is 0 Å². The van der Waals surface area contributed by atoms with Gasteiger partial charge in [-0.15, -0.1) is 0 Å². The van der Waals surface area contributed by atoms with Crippen molar-refractivity contribution >= 4 is 45.5 Å². The van der Waals surface area contributed by atoms with Crippen molar-refractivity contribution in [2.75, 3.05) is 24.9 Å². The maximum atomic E-state index is 11.5. The second-order valence-electron chi connectivity index (χ2n) is 8.51. The standard InChI is InChI=1S/C26H20N6O10/c1-41-25-11-15(3-7-21(25)27-19-9-5-17(29(33)34)13-23(19)31(37)38)16-4-8-22(26(12-16)42-2)28-20-10-6-18(30(35)36)14-24(20)32(39)40/h3-14,27-28H,1-2H3. The predicted molar refractivity (Wildman–Crippen MR) is 151 cm³/mol. The van der Waals surface area contributed by atoms with Crippen LogP contribution in [0.2, 0.25) is 0 Å². The maximum Gasteiger partial charge on any atom is 0.299 e. The number of anilines is 4. The van der Waals surface area contributed by atoms with E-state index in [1.54, 1.807) is 36.4 Å². The monoisotopic (exact) mass is 576 g/mol. The molecule has 0 saturated heterocycles. The Bertz CT molecular complexity index is 1620. The third-order valence-corrected chi connectivity index (χ3v) is 6.05. The van der Waals surface area contributed by atoms with Crippen LogP contribution >= 0.6 is 0 Å².